The lowest BCUT2D eigenvalue weighted by atomic mass is 10.1. The topological polar surface area (TPSA) is 29.1 Å². The van der Waals surface area contributed by atoms with Crippen LogP contribution < -0.4 is 5.32 Å². The van der Waals surface area contributed by atoms with Crippen LogP contribution in [0, 0.1) is 0 Å². The zero-order chi connectivity index (χ0) is 18.7. The summed E-state index contributed by atoms with van der Waals surface area (Å²) >= 11 is 3.29. The van der Waals surface area contributed by atoms with Gasteiger partial charge >= 0.3 is 6.18 Å². The van der Waals surface area contributed by atoms with Gasteiger partial charge in [-0.1, -0.05) is 64.5 Å². The van der Waals surface area contributed by atoms with Gasteiger partial charge in [0.25, 0.3) is 5.78 Å². The minimum atomic E-state index is -4.93. The fraction of sp³-hybridized carbons (Fsp3) is 0.0500. The first-order valence-electron chi connectivity index (χ1n) is 7.68. The molecule has 0 aliphatic heterocycles. The van der Waals surface area contributed by atoms with Crippen molar-refractivity contribution in [2.75, 3.05) is 5.32 Å². The molecular weight excluding hydrogens is 407 g/mol. The summed E-state index contributed by atoms with van der Waals surface area (Å²) in [6.07, 6.45) is -4.34. The first-order chi connectivity index (χ1) is 12.3. The molecule has 0 saturated heterocycles. The van der Waals surface area contributed by atoms with Crippen LogP contribution in [0.3, 0.4) is 0 Å². The summed E-state index contributed by atoms with van der Waals surface area (Å²) in [6.45, 7) is 0. The molecule has 3 rings (SSSR count). The summed E-state index contributed by atoms with van der Waals surface area (Å²) in [5.74, 6) is -1.91. The van der Waals surface area contributed by atoms with Gasteiger partial charge in [-0.05, 0) is 29.1 Å². The van der Waals surface area contributed by atoms with Crippen LogP contribution in [0.4, 0.5) is 18.9 Å². The lowest BCUT2D eigenvalue weighted by Crippen LogP contribution is -2.21. The average molecular weight is 420 g/mol. The second-order valence-corrected chi connectivity index (χ2v) is 6.49. The second kappa shape index (κ2) is 7.33. The van der Waals surface area contributed by atoms with E-state index in [1.165, 1.54) is 0 Å². The lowest BCUT2D eigenvalue weighted by molar-refractivity contribution is -0.165. The van der Waals surface area contributed by atoms with Gasteiger partial charge in [0.2, 0.25) is 0 Å². The zero-order valence-electron chi connectivity index (χ0n) is 13.3. The van der Waals surface area contributed by atoms with E-state index in [2.05, 4.69) is 21.2 Å². The number of ketones is 1. The van der Waals surface area contributed by atoms with Gasteiger partial charge in [-0.25, -0.2) is 0 Å². The fourth-order valence-electron chi connectivity index (χ4n) is 2.51. The third-order valence-corrected chi connectivity index (χ3v) is 4.30. The Hall–Kier alpha value is -2.60. The Bertz CT molecular complexity index is 973. The maximum atomic E-state index is 12.8. The van der Waals surface area contributed by atoms with Crippen LogP contribution in [-0.2, 0) is 4.79 Å². The van der Waals surface area contributed by atoms with Crippen molar-refractivity contribution in [3.8, 4) is 0 Å². The molecule has 132 valence electrons. The Labute approximate surface area is 156 Å². The van der Waals surface area contributed by atoms with Crippen LogP contribution in [0.5, 0.6) is 0 Å². The number of anilines is 1. The van der Waals surface area contributed by atoms with Gasteiger partial charge in [0.1, 0.15) is 0 Å². The molecule has 0 aliphatic rings. The number of carbonyl (C=O) groups excluding carboxylic acids is 1. The van der Waals surface area contributed by atoms with Crippen molar-refractivity contribution in [2.24, 2.45) is 0 Å². The normalized spacial score (nSPS) is 12.2. The summed E-state index contributed by atoms with van der Waals surface area (Å²) in [4.78, 5) is 11.5. The van der Waals surface area contributed by atoms with Crippen LogP contribution >= 0.6 is 15.9 Å². The van der Waals surface area contributed by atoms with Gasteiger partial charge in [-0.15, -0.1) is 0 Å². The highest BCUT2D eigenvalue weighted by Gasteiger charge is 2.37. The summed E-state index contributed by atoms with van der Waals surface area (Å²) in [5, 5.41) is 4.77. The summed E-state index contributed by atoms with van der Waals surface area (Å²) in [7, 11) is 0. The predicted molar refractivity (Wildman–Crippen MR) is 101 cm³/mol. The van der Waals surface area contributed by atoms with Crippen molar-refractivity contribution < 1.29 is 18.0 Å². The number of benzene rings is 3. The first-order valence-corrected chi connectivity index (χ1v) is 8.47. The quantitative estimate of drug-likeness (QED) is 0.511. The maximum Gasteiger partial charge on any atom is 0.454 e. The lowest BCUT2D eigenvalue weighted by Gasteiger charge is -2.14. The molecule has 3 aromatic carbocycles. The number of hydrogen-bond acceptors (Lipinski definition) is 2. The minimum absolute atomic E-state index is 0.0798. The van der Waals surface area contributed by atoms with Crippen LogP contribution in [0.2, 0.25) is 0 Å². The Morgan fingerprint density at radius 1 is 0.923 bits per heavy atom. The van der Waals surface area contributed by atoms with E-state index in [1.54, 1.807) is 36.4 Å². The molecule has 0 atom stereocenters. The van der Waals surface area contributed by atoms with Crippen LogP contribution in [-0.4, -0.2) is 12.0 Å². The van der Waals surface area contributed by atoms with E-state index in [-0.39, 0.29) is 5.70 Å². The molecule has 0 aromatic heterocycles. The smallest absolute Gasteiger partial charge is 0.354 e. The van der Waals surface area contributed by atoms with E-state index in [4.69, 9.17) is 0 Å². The van der Waals surface area contributed by atoms with Crippen molar-refractivity contribution >= 4 is 43.9 Å². The number of alkyl halides is 3. The number of fused-ring (bicyclic) bond motifs is 1. The molecule has 0 fully saturated rings. The summed E-state index contributed by atoms with van der Waals surface area (Å²) < 4.78 is 39.0. The number of allylic oxidation sites excluding steroid dienone is 1. The molecule has 0 radical (unpaired) electrons. The Morgan fingerprint density at radius 2 is 1.58 bits per heavy atom. The van der Waals surface area contributed by atoms with Crippen molar-refractivity contribution in [2.45, 2.75) is 6.18 Å². The predicted octanol–water partition coefficient (Wildman–Crippen LogP) is 6.19. The zero-order valence-corrected chi connectivity index (χ0v) is 14.9. The molecule has 0 unspecified atom stereocenters. The number of hydrogen-bond donors (Lipinski definition) is 1. The highest BCUT2D eigenvalue weighted by atomic mass is 79.9. The average Bonchev–Trinajstić information content (AvgIpc) is 2.61. The van der Waals surface area contributed by atoms with Gasteiger partial charge in [0, 0.05) is 27.3 Å². The van der Waals surface area contributed by atoms with Gasteiger partial charge in [-0.3, -0.25) is 4.79 Å². The van der Waals surface area contributed by atoms with E-state index in [0.717, 1.165) is 15.2 Å². The monoisotopic (exact) mass is 419 g/mol. The van der Waals surface area contributed by atoms with Crippen molar-refractivity contribution in [1.29, 1.82) is 0 Å². The fourth-order valence-corrected chi connectivity index (χ4v) is 2.78. The first kappa shape index (κ1) is 18.2. The van der Waals surface area contributed by atoms with E-state index < -0.39 is 12.0 Å². The number of nitrogens with one attached hydrogen (secondary N) is 1. The Balaban J connectivity index is 2.07. The van der Waals surface area contributed by atoms with Crippen molar-refractivity contribution in [1.82, 2.24) is 0 Å². The van der Waals surface area contributed by atoms with Gasteiger partial charge in [-0.2, -0.15) is 13.2 Å². The van der Waals surface area contributed by atoms with E-state index in [9.17, 15) is 18.0 Å². The molecule has 1 N–H and O–H groups in total. The summed E-state index contributed by atoms with van der Waals surface area (Å²) in [5.41, 5.74) is 1.17. The maximum absolute atomic E-state index is 12.8. The van der Waals surface area contributed by atoms with Crippen molar-refractivity contribution in [3.05, 3.63) is 82.8 Å². The van der Waals surface area contributed by atoms with Crippen LogP contribution in [0.1, 0.15) is 5.56 Å². The summed E-state index contributed by atoms with van der Waals surface area (Å²) in [6, 6.07) is 19.6. The van der Waals surface area contributed by atoms with E-state index in [0.29, 0.717) is 17.3 Å². The van der Waals surface area contributed by atoms with Crippen molar-refractivity contribution in [3.63, 3.8) is 0 Å². The molecule has 0 spiro atoms. The SMILES string of the molecule is O=C(/C=C(\Nc1cccc2ccccc12)c1ccc(Br)cc1)C(F)(F)F. The molecule has 0 heterocycles. The molecule has 0 saturated carbocycles. The third-order valence-electron chi connectivity index (χ3n) is 3.77. The molecule has 0 amide bonds. The van der Waals surface area contributed by atoms with Crippen LogP contribution in [0.25, 0.3) is 16.5 Å². The molecule has 3 aromatic rings. The standard InChI is InChI=1S/C20H13BrF3NO/c21-15-10-8-14(9-11-15)18(12-19(26)20(22,23)24)25-17-7-3-5-13-4-1-2-6-16(13)17/h1-12,25H/b18-12-. The minimum Gasteiger partial charge on any atom is -0.354 e. The molecule has 0 aliphatic carbocycles. The van der Waals surface area contributed by atoms with Gasteiger partial charge < -0.3 is 5.32 Å². The largest absolute Gasteiger partial charge is 0.454 e. The second-order valence-electron chi connectivity index (χ2n) is 5.58. The molecule has 6 heteroatoms. The molecule has 2 nitrogen and oxygen atoms in total. The highest BCUT2D eigenvalue weighted by molar-refractivity contribution is 9.10. The Kier molecular flexibility index (Phi) is 5.13. The molecule has 26 heavy (non-hydrogen) atoms. The molecule has 0 bridgehead atoms. The van der Waals surface area contributed by atoms with E-state index in [1.807, 2.05) is 30.3 Å². The number of rotatable bonds is 4. The van der Waals surface area contributed by atoms with Gasteiger partial charge in [0.15, 0.2) is 0 Å². The molecular formula is C20H13BrF3NO. The van der Waals surface area contributed by atoms with E-state index >= 15 is 0 Å². The Morgan fingerprint density at radius 3 is 2.27 bits per heavy atom. The van der Waals surface area contributed by atoms with Gasteiger partial charge in [0.05, 0.1) is 0 Å². The number of halogens is 4. The number of carbonyl (C=O) groups is 1. The third kappa shape index (κ3) is 4.14. The highest BCUT2D eigenvalue weighted by Crippen LogP contribution is 2.28. The van der Waals surface area contributed by atoms with Crippen LogP contribution in [0.15, 0.2) is 77.3 Å².